The maximum atomic E-state index is 12.0. The lowest BCUT2D eigenvalue weighted by atomic mass is 10.2. The number of nitrogens with one attached hydrogen (secondary N) is 1. The van der Waals surface area contributed by atoms with Crippen molar-refractivity contribution in [1.82, 2.24) is 5.32 Å². The SMILES string of the molecule is COc1ccccc1CNC(=O)c1ccc(C(C)=O)s1. The summed E-state index contributed by atoms with van der Waals surface area (Å²) in [5.41, 5.74) is 0.909. The second-order valence-corrected chi connectivity index (χ2v) is 5.30. The molecule has 4 nitrogen and oxygen atoms in total. The number of Topliss-reactive ketones (excluding diaryl/α,β-unsaturated/α-hetero) is 1. The summed E-state index contributed by atoms with van der Waals surface area (Å²) in [4.78, 5) is 24.3. The molecule has 2 rings (SSSR count). The van der Waals surface area contributed by atoms with E-state index in [4.69, 9.17) is 4.74 Å². The van der Waals surface area contributed by atoms with Gasteiger partial charge in [0.25, 0.3) is 5.91 Å². The van der Waals surface area contributed by atoms with Gasteiger partial charge >= 0.3 is 0 Å². The van der Waals surface area contributed by atoms with Crippen LogP contribution in [-0.4, -0.2) is 18.8 Å². The van der Waals surface area contributed by atoms with Crippen LogP contribution in [0.15, 0.2) is 36.4 Å². The first kappa shape index (κ1) is 14.3. The third-order valence-corrected chi connectivity index (χ3v) is 3.99. The molecule has 0 atom stereocenters. The first-order chi connectivity index (χ1) is 9.61. The molecule has 0 saturated heterocycles. The molecule has 0 aliphatic heterocycles. The number of hydrogen-bond acceptors (Lipinski definition) is 4. The highest BCUT2D eigenvalue weighted by Gasteiger charge is 2.11. The third kappa shape index (κ3) is 3.24. The van der Waals surface area contributed by atoms with Crippen LogP contribution in [0.1, 0.15) is 31.8 Å². The van der Waals surface area contributed by atoms with Crippen LogP contribution in [0.5, 0.6) is 5.75 Å². The molecule has 20 heavy (non-hydrogen) atoms. The maximum absolute atomic E-state index is 12.0. The number of benzene rings is 1. The quantitative estimate of drug-likeness (QED) is 0.861. The number of para-hydroxylation sites is 1. The highest BCUT2D eigenvalue weighted by atomic mass is 32.1. The topological polar surface area (TPSA) is 55.4 Å². The van der Waals surface area contributed by atoms with Gasteiger partial charge in [0.05, 0.1) is 16.9 Å². The summed E-state index contributed by atoms with van der Waals surface area (Å²) in [7, 11) is 1.60. The average Bonchev–Trinajstić information content (AvgIpc) is 2.95. The highest BCUT2D eigenvalue weighted by Crippen LogP contribution is 2.19. The minimum absolute atomic E-state index is 0.0289. The number of ketones is 1. The van der Waals surface area contributed by atoms with Crippen LogP contribution in [-0.2, 0) is 6.54 Å². The number of rotatable bonds is 5. The average molecular weight is 289 g/mol. The monoisotopic (exact) mass is 289 g/mol. The Labute approximate surface area is 121 Å². The second-order valence-electron chi connectivity index (χ2n) is 4.21. The molecule has 0 bridgehead atoms. The van der Waals surface area contributed by atoms with Gasteiger partial charge in [0.2, 0.25) is 0 Å². The van der Waals surface area contributed by atoms with E-state index < -0.39 is 0 Å². The lowest BCUT2D eigenvalue weighted by molar-refractivity contribution is 0.0954. The number of carbonyl (C=O) groups excluding carboxylic acids is 2. The molecule has 1 N–H and O–H groups in total. The standard InChI is InChI=1S/C15H15NO3S/c1-10(17)13-7-8-14(20-13)15(18)16-9-11-5-3-4-6-12(11)19-2/h3-8H,9H2,1-2H3,(H,16,18). The van der Waals surface area contributed by atoms with E-state index in [0.717, 1.165) is 11.3 Å². The van der Waals surface area contributed by atoms with E-state index in [-0.39, 0.29) is 11.7 Å². The Kier molecular flexibility index (Phi) is 4.53. The lowest BCUT2D eigenvalue weighted by Gasteiger charge is -2.08. The number of thiophene rings is 1. The highest BCUT2D eigenvalue weighted by molar-refractivity contribution is 7.15. The van der Waals surface area contributed by atoms with Crippen molar-refractivity contribution in [2.45, 2.75) is 13.5 Å². The molecular formula is C15H15NO3S. The molecule has 2 aromatic rings. The fourth-order valence-corrected chi connectivity index (χ4v) is 2.58. The predicted molar refractivity (Wildman–Crippen MR) is 78.5 cm³/mol. The van der Waals surface area contributed by atoms with Crippen molar-refractivity contribution in [3.63, 3.8) is 0 Å². The van der Waals surface area contributed by atoms with Gasteiger partial charge in [-0.3, -0.25) is 9.59 Å². The van der Waals surface area contributed by atoms with Crippen molar-refractivity contribution in [2.75, 3.05) is 7.11 Å². The van der Waals surface area contributed by atoms with Crippen LogP contribution in [0.25, 0.3) is 0 Å². The van der Waals surface area contributed by atoms with Crippen molar-refractivity contribution < 1.29 is 14.3 Å². The molecule has 1 aromatic heterocycles. The number of ether oxygens (including phenoxy) is 1. The van der Waals surface area contributed by atoms with Gasteiger partial charge in [-0.2, -0.15) is 0 Å². The van der Waals surface area contributed by atoms with Crippen LogP contribution >= 0.6 is 11.3 Å². The zero-order valence-corrected chi connectivity index (χ0v) is 12.1. The summed E-state index contributed by atoms with van der Waals surface area (Å²) in [6.45, 7) is 1.87. The Morgan fingerprint density at radius 3 is 2.50 bits per heavy atom. The molecule has 0 unspecified atom stereocenters. The Morgan fingerprint density at radius 1 is 1.15 bits per heavy atom. The molecule has 104 valence electrons. The molecule has 1 amide bonds. The second kappa shape index (κ2) is 6.34. The van der Waals surface area contributed by atoms with Crippen molar-refractivity contribution in [3.05, 3.63) is 51.7 Å². The van der Waals surface area contributed by atoms with Gasteiger partial charge in [-0.05, 0) is 25.1 Å². The number of hydrogen-bond donors (Lipinski definition) is 1. The largest absolute Gasteiger partial charge is 0.496 e. The summed E-state index contributed by atoms with van der Waals surface area (Å²) in [5.74, 6) is 0.524. The van der Waals surface area contributed by atoms with E-state index in [1.807, 2.05) is 24.3 Å². The fourth-order valence-electron chi connectivity index (χ4n) is 1.76. The first-order valence-electron chi connectivity index (χ1n) is 6.12. The summed E-state index contributed by atoms with van der Waals surface area (Å²) in [6, 6.07) is 10.9. The zero-order chi connectivity index (χ0) is 14.5. The van der Waals surface area contributed by atoms with Gasteiger partial charge < -0.3 is 10.1 Å². The van der Waals surface area contributed by atoms with E-state index >= 15 is 0 Å². The van der Waals surface area contributed by atoms with Crippen LogP contribution in [0.3, 0.4) is 0 Å². The van der Waals surface area contributed by atoms with Crippen LogP contribution in [0, 0.1) is 0 Å². The Morgan fingerprint density at radius 2 is 1.85 bits per heavy atom. The molecular weight excluding hydrogens is 274 g/mol. The van der Waals surface area contributed by atoms with E-state index in [2.05, 4.69) is 5.32 Å². The Hall–Kier alpha value is -2.14. The van der Waals surface area contributed by atoms with Crippen LogP contribution < -0.4 is 10.1 Å². The van der Waals surface area contributed by atoms with Gasteiger partial charge in [0.1, 0.15) is 5.75 Å². The van der Waals surface area contributed by atoms with Gasteiger partial charge in [-0.1, -0.05) is 18.2 Å². The van der Waals surface area contributed by atoms with Crippen LogP contribution in [0.4, 0.5) is 0 Å². The van der Waals surface area contributed by atoms with Crippen molar-refractivity contribution >= 4 is 23.0 Å². The minimum atomic E-state index is -0.187. The van der Waals surface area contributed by atoms with Gasteiger partial charge in [-0.25, -0.2) is 0 Å². The molecule has 5 heteroatoms. The molecule has 0 aliphatic carbocycles. The predicted octanol–water partition coefficient (Wildman–Crippen LogP) is 2.89. The van der Waals surface area contributed by atoms with Crippen molar-refractivity contribution in [2.24, 2.45) is 0 Å². The lowest BCUT2D eigenvalue weighted by Crippen LogP contribution is -2.22. The molecule has 1 heterocycles. The third-order valence-electron chi connectivity index (χ3n) is 2.81. The number of amides is 1. The number of carbonyl (C=O) groups is 2. The maximum Gasteiger partial charge on any atom is 0.261 e. The summed E-state index contributed by atoms with van der Waals surface area (Å²) < 4.78 is 5.23. The first-order valence-corrected chi connectivity index (χ1v) is 6.94. The Balaban J connectivity index is 2.03. The Bertz CT molecular complexity index is 634. The molecule has 0 fully saturated rings. The van der Waals surface area contributed by atoms with E-state index in [9.17, 15) is 9.59 Å². The molecule has 0 saturated carbocycles. The molecule has 1 aromatic carbocycles. The van der Waals surface area contributed by atoms with Crippen molar-refractivity contribution in [3.8, 4) is 5.75 Å². The summed E-state index contributed by atoms with van der Waals surface area (Å²) in [6.07, 6.45) is 0. The normalized spacial score (nSPS) is 10.1. The van der Waals surface area contributed by atoms with Gasteiger partial charge in [0, 0.05) is 12.1 Å². The fraction of sp³-hybridized carbons (Fsp3) is 0.200. The van der Waals surface area contributed by atoms with Crippen molar-refractivity contribution in [1.29, 1.82) is 0 Å². The minimum Gasteiger partial charge on any atom is -0.496 e. The zero-order valence-electron chi connectivity index (χ0n) is 11.3. The number of methoxy groups -OCH3 is 1. The van der Waals surface area contributed by atoms with E-state index in [0.29, 0.717) is 16.3 Å². The molecule has 0 radical (unpaired) electrons. The summed E-state index contributed by atoms with van der Waals surface area (Å²) in [5, 5.41) is 2.82. The van der Waals surface area contributed by atoms with E-state index in [1.54, 1.807) is 19.2 Å². The smallest absolute Gasteiger partial charge is 0.261 e. The molecule has 0 spiro atoms. The van der Waals surface area contributed by atoms with E-state index in [1.165, 1.54) is 18.3 Å². The van der Waals surface area contributed by atoms with Gasteiger partial charge in [-0.15, -0.1) is 11.3 Å². The van der Waals surface area contributed by atoms with Crippen LogP contribution in [0.2, 0.25) is 0 Å². The van der Waals surface area contributed by atoms with Gasteiger partial charge in [0.15, 0.2) is 5.78 Å². The summed E-state index contributed by atoms with van der Waals surface area (Å²) >= 11 is 1.20. The molecule has 0 aliphatic rings.